The standard InChI is InChI=1S/C20H19FN8O2S/c1-3-13(32-18-14-15(25-9-24-14)26-19(22)29-18)16(30)27-20-23-8-12(17(28-20)31-2)10-4-6-11(21)7-5-10/h4-9,13H,3H2,1-2H3,(H,23,27,28,30)(H3,22,24,25,26,29)/t13-/m1/s1. The van der Waals surface area contributed by atoms with Gasteiger partial charge in [-0.1, -0.05) is 30.8 Å². The monoisotopic (exact) mass is 454 g/mol. The van der Waals surface area contributed by atoms with Crippen LogP contribution in [-0.4, -0.2) is 48.2 Å². The fourth-order valence-electron chi connectivity index (χ4n) is 2.97. The Hall–Kier alpha value is -3.80. The number of carbonyl (C=O) groups excluding carboxylic acids is 1. The molecular weight excluding hydrogens is 435 g/mol. The van der Waals surface area contributed by atoms with Gasteiger partial charge in [0.05, 0.1) is 24.3 Å². The van der Waals surface area contributed by atoms with Crippen molar-refractivity contribution in [2.45, 2.75) is 23.6 Å². The molecule has 12 heteroatoms. The fourth-order valence-corrected chi connectivity index (χ4v) is 3.98. The number of ether oxygens (including phenoxy) is 1. The number of nitrogens with two attached hydrogens (primary N) is 1. The molecule has 0 saturated heterocycles. The zero-order valence-corrected chi connectivity index (χ0v) is 18.0. The molecule has 32 heavy (non-hydrogen) atoms. The lowest BCUT2D eigenvalue weighted by Gasteiger charge is -2.15. The molecule has 4 N–H and O–H groups in total. The summed E-state index contributed by atoms with van der Waals surface area (Å²) in [6.45, 7) is 1.88. The van der Waals surface area contributed by atoms with Crippen LogP contribution >= 0.6 is 11.8 Å². The van der Waals surface area contributed by atoms with Crippen molar-refractivity contribution in [3.63, 3.8) is 0 Å². The summed E-state index contributed by atoms with van der Waals surface area (Å²) >= 11 is 1.24. The zero-order chi connectivity index (χ0) is 22.7. The third-order valence-corrected chi connectivity index (χ3v) is 5.87. The number of hydrogen-bond donors (Lipinski definition) is 3. The third-order valence-electron chi connectivity index (χ3n) is 4.52. The van der Waals surface area contributed by atoms with Crippen molar-refractivity contribution in [1.82, 2.24) is 29.9 Å². The first-order valence-corrected chi connectivity index (χ1v) is 10.5. The van der Waals surface area contributed by atoms with E-state index in [0.29, 0.717) is 33.7 Å². The van der Waals surface area contributed by atoms with E-state index in [9.17, 15) is 9.18 Å². The van der Waals surface area contributed by atoms with Crippen molar-refractivity contribution in [3.05, 3.63) is 42.6 Å². The van der Waals surface area contributed by atoms with Crippen molar-refractivity contribution in [1.29, 1.82) is 0 Å². The number of imidazole rings is 1. The Morgan fingerprint density at radius 3 is 2.75 bits per heavy atom. The van der Waals surface area contributed by atoms with E-state index in [1.165, 1.54) is 43.5 Å². The van der Waals surface area contributed by atoms with Gasteiger partial charge in [0.1, 0.15) is 16.4 Å². The lowest BCUT2D eigenvalue weighted by atomic mass is 10.1. The molecule has 0 aliphatic carbocycles. The van der Waals surface area contributed by atoms with Crippen LogP contribution in [-0.2, 0) is 4.79 Å². The Morgan fingerprint density at radius 1 is 1.25 bits per heavy atom. The molecule has 0 bridgehead atoms. The highest BCUT2D eigenvalue weighted by Gasteiger charge is 2.23. The van der Waals surface area contributed by atoms with Gasteiger partial charge in [0, 0.05) is 6.20 Å². The number of hydrogen-bond acceptors (Lipinski definition) is 9. The van der Waals surface area contributed by atoms with Crippen LogP contribution in [0, 0.1) is 5.82 Å². The third kappa shape index (κ3) is 4.44. The summed E-state index contributed by atoms with van der Waals surface area (Å²) in [5, 5.41) is 2.74. The van der Waals surface area contributed by atoms with Crippen molar-refractivity contribution < 1.29 is 13.9 Å². The summed E-state index contributed by atoms with van der Waals surface area (Å²) in [5.74, 6) is -0.236. The van der Waals surface area contributed by atoms with Crippen LogP contribution in [0.3, 0.4) is 0 Å². The maximum absolute atomic E-state index is 13.2. The van der Waals surface area contributed by atoms with E-state index in [0.717, 1.165) is 0 Å². The highest BCUT2D eigenvalue weighted by atomic mass is 32.2. The molecule has 1 aromatic carbocycles. The average Bonchev–Trinajstić information content (AvgIpc) is 3.26. The molecule has 0 saturated carbocycles. The second-order valence-electron chi connectivity index (χ2n) is 6.62. The van der Waals surface area contributed by atoms with Gasteiger partial charge in [-0.25, -0.2) is 19.3 Å². The number of halogens is 1. The fraction of sp³-hybridized carbons (Fsp3) is 0.200. The largest absolute Gasteiger partial charge is 0.480 e. The number of thioether (sulfide) groups is 1. The predicted molar refractivity (Wildman–Crippen MR) is 119 cm³/mol. The van der Waals surface area contributed by atoms with Gasteiger partial charge in [-0.05, 0) is 24.1 Å². The minimum Gasteiger partial charge on any atom is -0.480 e. The van der Waals surface area contributed by atoms with Gasteiger partial charge in [-0.2, -0.15) is 9.97 Å². The van der Waals surface area contributed by atoms with Gasteiger partial charge in [0.15, 0.2) is 5.65 Å². The number of aromatic nitrogens is 6. The number of nitrogens with zero attached hydrogens (tertiary/aromatic N) is 5. The lowest BCUT2D eigenvalue weighted by molar-refractivity contribution is -0.115. The van der Waals surface area contributed by atoms with E-state index >= 15 is 0 Å². The van der Waals surface area contributed by atoms with E-state index in [-0.39, 0.29) is 29.5 Å². The molecule has 3 heterocycles. The summed E-state index contributed by atoms with van der Waals surface area (Å²) in [5.41, 5.74) is 8.06. The number of anilines is 2. The maximum atomic E-state index is 13.2. The number of nitrogens with one attached hydrogen (secondary N) is 2. The Labute approximate surface area is 186 Å². The first-order valence-electron chi connectivity index (χ1n) is 9.59. The van der Waals surface area contributed by atoms with Gasteiger partial charge < -0.3 is 15.5 Å². The molecular formula is C20H19FN8O2S. The number of fused-ring (bicyclic) bond motifs is 1. The molecule has 4 aromatic rings. The Morgan fingerprint density at radius 2 is 2.03 bits per heavy atom. The number of nitrogen functional groups attached to an aromatic ring is 1. The van der Waals surface area contributed by atoms with E-state index in [1.807, 2.05) is 6.92 Å². The van der Waals surface area contributed by atoms with Crippen LogP contribution in [0.2, 0.25) is 0 Å². The molecule has 4 rings (SSSR count). The van der Waals surface area contributed by atoms with Gasteiger partial charge in [-0.3, -0.25) is 10.1 Å². The van der Waals surface area contributed by atoms with Crippen molar-refractivity contribution in [3.8, 4) is 17.0 Å². The van der Waals surface area contributed by atoms with E-state index < -0.39 is 5.25 Å². The summed E-state index contributed by atoms with van der Waals surface area (Å²) in [4.78, 5) is 36.7. The number of methoxy groups -OCH3 is 1. The Balaban J connectivity index is 1.54. The van der Waals surface area contributed by atoms with Crippen LogP contribution in [0.4, 0.5) is 16.3 Å². The van der Waals surface area contributed by atoms with Crippen LogP contribution in [0.25, 0.3) is 22.3 Å². The first kappa shape index (κ1) is 21.4. The van der Waals surface area contributed by atoms with Crippen molar-refractivity contribution in [2.24, 2.45) is 0 Å². The highest BCUT2D eigenvalue weighted by Crippen LogP contribution is 2.31. The molecule has 10 nitrogen and oxygen atoms in total. The zero-order valence-electron chi connectivity index (χ0n) is 17.2. The Kier molecular flexibility index (Phi) is 6.12. The molecule has 1 atom stereocenters. The number of aromatic amines is 1. The molecule has 0 aliphatic rings. The minimum absolute atomic E-state index is 0.0758. The predicted octanol–water partition coefficient (Wildman–Crippen LogP) is 3.05. The normalized spacial score (nSPS) is 12.0. The van der Waals surface area contributed by atoms with E-state index in [4.69, 9.17) is 10.5 Å². The molecule has 164 valence electrons. The summed E-state index contributed by atoms with van der Waals surface area (Å²) in [6.07, 6.45) is 3.52. The smallest absolute Gasteiger partial charge is 0.240 e. The second-order valence-corrected chi connectivity index (χ2v) is 7.81. The lowest BCUT2D eigenvalue weighted by Crippen LogP contribution is -2.26. The van der Waals surface area contributed by atoms with Crippen molar-refractivity contribution in [2.75, 3.05) is 18.2 Å². The second kappa shape index (κ2) is 9.14. The summed E-state index contributed by atoms with van der Waals surface area (Å²) in [7, 11) is 1.46. The number of benzene rings is 1. The van der Waals surface area contributed by atoms with Crippen LogP contribution in [0.15, 0.2) is 41.8 Å². The molecule has 0 unspecified atom stereocenters. The SMILES string of the molecule is CC[C@@H](Sc1nc(N)nc2nc[nH]c12)C(=O)Nc1ncc(-c2ccc(F)cc2)c(OC)n1. The summed E-state index contributed by atoms with van der Waals surface area (Å²) < 4.78 is 18.6. The van der Waals surface area contributed by atoms with E-state index in [1.54, 1.807) is 12.1 Å². The van der Waals surface area contributed by atoms with Gasteiger partial charge >= 0.3 is 0 Å². The number of rotatable bonds is 7. The van der Waals surface area contributed by atoms with Gasteiger partial charge in [0.2, 0.25) is 23.7 Å². The molecule has 3 aromatic heterocycles. The minimum atomic E-state index is -0.498. The summed E-state index contributed by atoms with van der Waals surface area (Å²) in [6, 6.07) is 5.87. The van der Waals surface area contributed by atoms with Gasteiger partial charge in [0.25, 0.3) is 0 Å². The number of carbonyl (C=O) groups is 1. The van der Waals surface area contributed by atoms with Gasteiger partial charge in [-0.15, -0.1) is 0 Å². The molecule has 1 amide bonds. The Bertz CT molecular complexity index is 1260. The van der Waals surface area contributed by atoms with Crippen LogP contribution in [0.5, 0.6) is 5.88 Å². The number of H-pyrrole nitrogens is 1. The molecule has 0 fully saturated rings. The maximum Gasteiger partial charge on any atom is 0.240 e. The van der Waals surface area contributed by atoms with Crippen LogP contribution < -0.4 is 15.8 Å². The highest BCUT2D eigenvalue weighted by molar-refractivity contribution is 8.00. The van der Waals surface area contributed by atoms with Crippen molar-refractivity contribution >= 4 is 40.7 Å². The average molecular weight is 454 g/mol. The first-order chi connectivity index (χ1) is 15.5. The van der Waals surface area contributed by atoms with E-state index in [2.05, 4.69) is 35.2 Å². The molecule has 0 spiro atoms. The quantitative estimate of drug-likeness (QED) is 0.283. The molecule has 0 radical (unpaired) electrons. The number of amides is 1. The van der Waals surface area contributed by atoms with Crippen LogP contribution in [0.1, 0.15) is 13.3 Å². The molecule has 0 aliphatic heterocycles. The topological polar surface area (TPSA) is 145 Å².